The Hall–Kier alpha value is -3.44. The van der Waals surface area contributed by atoms with Gasteiger partial charge in [0.1, 0.15) is 6.04 Å². The molecule has 0 heterocycles. The lowest BCUT2D eigenvalue weighted by molar-refractivity contribution is -0.144. The van der Waals surface area contributed by atoms with Gasteiger partial charge in [-0.2, -0.15) is 0 Å². The van der Waals surface area contributed by atoms with Crippen LogP contribution in [0.1, 0.15) is 48.2 Å². The maximum absolute atomic E-state index is 12.8. The zero-order valence-corrected chi connectivity index (χ0v) is 20.2. The van der Waals surface area contributed by atoms with E-state index in [1.54, 1.807) is 19.1 Å². The van der Waals surface area contributed by atoms with Gasteiger partial charge in [0.25, 0.3) is 5.91 Å². The smallest absolute Gasteiger partial charge is 0.323 e. The highest BCUT2D eigenvalue weighted by Crippen LogP contribution is 2.27. The lowest BCUT2D eigenvalue weighted by atomic mass is 9.87. The van der Waals surface area contributed by atoms with Crippen molar-refractivity contribution in [1.29, 1.82) is 0 Å². The van der Waals surface area contributed by atoms with E-state index in [4.69, 9.17) is 10.5 Å². The molecule has 1 amide bonds. The van der Waals surface area contributed by atoms with E-state index in [1.807, 2.05) is 30.3 Å². The van der Waals surface area contributed by atoms with E-state index in [2.05, 4.69) is 55.6 Å². The highest BCUT2D eigenvalue weighted by molar-refractivity contribution is 5.94. The van der Waals surface area contributed by atoms with Gasteiger partial charge in [-0.15, -0.1) is 0 Å². The van der Waals surface area contributed by atoms with Crippen molar-refractivity contribution in [3.05, 3.63) is 95.6 Å². The Kier molecular flexibility index (Phi) is 9.00. The molecule has 0 aliphatic carbocycles. The maximum Gasteiger partial charge on any atom is 0.323 e. The van der Waals surface area contributed by atoms with E-state index in [9.17, 15) is 9.59 Å². The lowest BCUT2D eigenvalue weighted by Crippen LogP contribution is -2.34. The van der Waals surface area contributed by atoms with Crippen molar-refractivity contribution in [1.82, 2.24) is 5.32 Å². The van der Waals surface area contributed by atoms with Crippen molar-refractivity contribution in [2.75, 3.05) is 13.2 Å². The van der Waals surface area contributed by atoms with Crippen molar-refractivity contribution >= 4 is 11.9 Å². The predicted molar refractivity (Wildman–Crippen MR) is 137 cm³/mol. The molecule has 3 rings (SSSR count). The highest BCUT2D eigenvalue weighted by Gasteiger charge is 2.18. The number of nitrogens with one attached hydrogen (secondary N) is 1. The Bertz CT molecular complexity index is 1060. The number of esters is 1. The fourth-order valence-electron chi connectivity index (χ4n) is 3.98. The minimum atomic E-state index is -0.709. The SMILES string of the molecule is CCOC(=O)[C@@H](N)Cc1ccc(C(=O)NC[C@@H](c2ccc(-c3ccccc3)cc2)C(C)C)cc1. The largest absolute Gasteiger partial charge is 0.465 e. The van der Waals surface area contributed by atoms with Crippen LogP contribution in [0.2, 0.25) is 0 Å². The summed E-state index contributed by atoms with van der Waals surface area (Å²) in [5.74, 6) is 0.0406. The van der Waals surface area contributed by atoms with Gasteiger partial charge in [0, 0.05) is 18.0 Å². The molecule has 5 nitrogen and oxygen atoms in total. The summed E-state index contributed by atoms with van der Waals surface area (Å²) in [5.41, 5.74) is 10.9. The van der Waals surface area contributed by atoms with Crippen LogP contribution in [0.4, 0.5) is 0 Å². The summed E-state index contributed by atoms with van der Waals surface area (Å²) in [6.45, 7) is 6.95. The summed E-state index contributed by atoms with van der Waals surface area (Å²) in [7, 11) is 0. The van der Waals surface area contributed by atoms with Crippen molar-refractivity contribution in [3.63, 3.8) is 0 Å². The first-order valence-electron chi connectivity index (χ1n) is 11.8. The third-order valence-electron chi connectivity index (χ3n) is 5.99. The maximum atomic E-state index is 12.8. The summed E-state index contributed by atoms with van der Waals surface area (Å²) in [6, 6.07) is 25.4. The number of benzene rings is 3. The molecule has 3 aromatic carbocycles. The minimum Gasteiger partial charge on any atom is -0.465 e. The number of amides is 1. The van der Waals surface area contributed by atoms with Crippen LogP contribution in [-0.4, -0.2) is 31.1 Å². The van der Waals surface area contributed by atoms with E-state index in [-0.39, 0.29) is 11.8 Å². The van der Waals surface area contributed by atoms with Gasteiger partial charge < -0.3 is 15.8 Å². The normalized spacial score (nSPS) is 12.7. The van der Waals surface area contributed by atoms with E-state index < -0.39 is 12.0 Å². The Labute approximate surface area is 202 Å². The average molecular weight is 459 g/mol. The Morgan fingerprint density at radius 3 is 2.09 bits per heavy atom. The summed E-state index contributed by atoms with van der Waals surface area (Å²) < 4.78 is 4.95. The van der Waals surface area contributed by atoms with Gasteiger partial charge in [-0.3, -0.25) is 9.59 Å². The number of carbonyl (C=O) groups is 2. The van der Waals surface area contributed by atoms with Gasteiger partial charge in [-0.1, -0.05) is 80.6 Å². The second kappa shape index (κ2) is 12.1. The Morgan fingerprint density at radius 1 is 0.882 bits per heavy atom. The van der Waals surface area contributed by atoms with Gasteiger partial charge in [0.05, 0.1) is 6.61 Å². The Morgan fingerprint density at radius 2 is 1.50 bits per heavy atom. The molecular weight excluding hydrogens is 424 g/mol. The van der Waals surface area contributed by atoms with E-state index >= 15 is 0 Å². The van der Waals surface area contributed by atoms with Crippen LogP contribution in [0.15, 0.2) is 78.9 Å². The monoisotopic (exact) mass is 458 g/mol. The molecule has 3 aromatic rings. The summed E-state index contributed by atoms with van der Waals surface area (Å²) in [5, 5.41) is 3.08. The van der Waals surface area contributed by atoms with Gasteiger partial charge in [0.15, 0.2) is 0 Å². The quantitative estimate of drug-likeness (QED) is 0.421. The number of rotatable bonds is 10. The third-order valence-corrected chi connectivity index (χ3v) is 5.99. The predicted octanol–water partition coefficient (Wildman–Crippen LogP) is 4.96. The van der Waals surface area contributed by atoms with Crippen molar-refractivity contribution < 1.29 is 14.3 Å². The van der Waals surface area contributed by atoms with E-state index in [0.29, 0.717) is 31.1 Å². The zero-order valence-electron chi connectivity index (χ0n) is 20.2. The molecule has 0 aliphatic heterocycles. The molecule has 0 saturated heterocycles. The van der Waals surface area contributed by atoms with Crippen LogP contribution in [0.5, 0.6) is 0 Å². The topological polar surface area (TPSA) is 81.4 Å². The van der Waals surface area contributed by atoms with Crippen LogP contribution in [0, 0.1) is 5.92 Å². The fourth-order valence-corrected chi connectivity index (χ4v) is 3.98. The molecule has 2 atom stereocenters. The standard InChI is InChI=1S/C29H34N2O3/c1-4-34-29(33)27(30)18-21-10-12-25(13-11-21)28(32)31-19-26(20(2)3)24-16-14-23(15-17-24)22-8-6-5-7-9-22/h5-17,20,26-27H,4,18-19,30H2,1-3H3,(H,31,32)/t26-,27+/m1/s1. The Balaban J connectivity index is 1.60. The van der Waals surface area contributed by atoms with E-state index in [1.165, 1.54) is 16.7 Å². The second-order valence-corrected chi connectivity index (χ2v) is 8.81. The van der Waals surface area contributed by atoms with E-state index in [0.717, 1.165) is 5.56 Å². The molecule has 0 radical (unpaired) electrons. The summed E-state index contributed by atoms with van der Waals surface area (Å²) in [4.78, 5) is 24.5. The van der Waals surface area contributed by atoms with Crippen LogP contribution in [-0.2, 0) is 16.0 Å². The van der Waals surface area contributed by atoms with Crippen LogP contribution in [0.3, 0.4) is 0 Å². The molecule has 0 aromatic heterocycles. The number of nitrogens with two attached hydrogens (primary N) is 1. The molecule has 0 fully saturated rings. The highest BCUT2D eigenvalue weighted by atomic mass is 16.5. The van der Waals surface area contributed by atoms with Crippen LogP contribution in [0.25, 0.3) is 11.1 Å². The molecule has 34 heavy (non-hydrogen) atoms. The van der Waals surface area contributed by atoms with Crippen LogP contribution < -0.4 is 11.1 Å². The van der Waals surface area contributed by atoms with Crippen molar-refractivity contribution in [3.8, 4) is 11.1 Å². The molecule has 0 spiro atoms. The van der Waals surface area contributed by atoms with Gasteiger partial charge in [-0.05, 0) is 53.6 Å². The molecule has 178 valence electrons. The molecule has 5 heteroatoms. The first-order valence-corrected chi connectivity index (χ1v) is 11.8. The minimum absolute atomic E-state index is 0.118. The van der Waals surface area contributed by atoms with Crippen molar-refractivity contribution in [2.24, 2.45) is 11.7 Å². The summed E-state index contributed by atoms with van der Waals surface area (Å²) >= 11 is 0. The van der Waals surface area contributed by atoms with Crippen molar-refractivity contribution in [2.45, 2.75) is 39.2 Å². The molecule has 0 unspecified atom stereocenters. The number of ether oxygens (including phenoxy) is 1. The van der Waals surface area contributed by atoms with Crippen LogP contribution >= 0.6 is 0 Å². The van der Waals surface area contributed by atoms with Gasteiger partial charge >= 0.3 is 5.97 Å². The fraction of sp³-hybridized carbons (Fsp3) is 0.310. The van der Waals surface area contributed by atoms with Gasteiger partial charge in [0.2, 0.25) is 0 Å². The third kappa shape index (κ3) is 6.78. The number of hydrogen-bond acceptors (Lipinski definition) is 4. The number of carbonyl (C=O) groups excluding carboxylic acids is 2. The first kappa shape index (κ1) is 25.2. The molecule has 0 aliphatic rings. The second-order valence-electron chi connectivity index (χ2n) is 8.81. The molecule has 3 N–H and O–H groups in total. The van der Waals surface area contributed by atoms with Gasteiger partial charge in [-0.25, -0.2) is 0 Å². The lowest BCUT2D eigenvalue weighted by Gasteiger charge is -2.22. The summed E-state index contributed by atoms with van der Waals surface area (Å²) in [6.07, 6.45) is 0.370. The molecule has 0 saturated carbocycles. The number of hydrogen-bond donors (Lipinski definition) is 2. The zero-order chi connectivity index (χ0) is 24.5. The molecule has 0 bridgehead atoms. The first-order chi connectivity index (χ1) is 16.4. The molecular formula is C29H34N2O3. The average Bonchev–Trinajstić information content (AvgIpc) is 2.85.